The molecule has 22 heavy (non-hydrogen) atoms. The lowest BCUT2D eigenvalue weighted by molar-refractivity contribution is 0.0700. The topological polar surface area (TPSA) is 57.7 Å². The highest BCUT2D eigenvalue weighted by Gasteiger charge is 2.27. The number of sulfonamides is 1. The van der Waals surface area contributed by atoms with Crippen molar-refractivity contribution in [1.29, 1.82) is 0 Å². The number of fused-ring (bicyclic) bond motifs is 1. The van der Waals surface area contributed by atoms with Gasteiger partial charge in [0.2, 0.25) is 10.0 Å². The third kappa shape index (κ3) is 2.84. The second kappa shape index (κ2) is 5.70. The third-order valence-electron chi connectivity index (χ3n) is 4.01. The Morgan fingerprint density at radius 1 is 0.955 bits per heavy atom. The molecule has 0 spiro atoms. The molecule has 1 aliphatic heterocycles. The van der Waals surface area contributed by atoms with Crippen molar-refractivity contribution in [2.24, 2.45) is 0 Å². The van der Waals surface area contributed by atoms with Crippen LogP contribution in [0.2, 0.25) is 0 Å². The number of carbonyl (C=O) groups excluding carboxylic acids is 1. The predicted molar refractivity (Wildman–Crippen MR) is 86.3 cm³/mol. The average Bonchev–Trinajstić information content (AvgIpc) is 2.53. The maximum atomic E-state index is 12.7. The Hall–Kier alpha value is -1.92. The number of piperazine rings is 1. The van der Waals surface area contributed by atoms with Crippen molar-refractivity contribution in [3.63, 3.8) is 0 Å². The monoisotopic (exact) mass is 318 g/mol. The van der Waals surface area contributed by atoms with Crippen LogP contribution in [0.3, 0.4) is 0 Å². The first-order valence-electron chi connectivity index (χ1n) is 7.19. The Morgan fingerprint density at radius 3 is 2.27 bits per heavy atom. The lowest BCUT2D eigenvalue weighted by atomic mass is 10.0. The molecule has 6 heteroatoms. The van der Waals surface area contributed by atoms with Gasteiger partial charge in [0, 0.05) is 31.7 Å². The first kappa shape index (κ1) is 15.0. The highest BCUT2D eigenvalue weighted by molar-refractivity contribution is 7.88. The number of hydrogen-bond donors (Lipinski definition) is 0. The van der Waals surface area contributed by atoms with Gasteiger partial charge in [0.15, 0.2) is 0 Å². The summed E-state index contributed by atoms with van der Waals surface area (Å²) in [6.07, 6.45) is 1.20. The molecule has 0 saturated carbocycles. The van der Waals surface area contributed by atoms with E-state index in [4.69, 9.17) is 0 Å². The van der Waals surface area contributed by atoms with Crippen LogP contribution in [0.5, 0.6) is 0 Å². The minimum atomic E-state index is -3.18. The molecule has 2 aromatic carbocycles. The second-order valence-electron chi connectivity index (χ2n) is 5.48. The molecule has 1 saturated heterocycles. The van der Waals surface area contributed by atoms with E-state index >= 15 is 0 Å². The maximum Gasteiger partial charge on any atom is 0.254 e. The van der Waals surface area contributed by atoms with E-state index in [9.17, 15) is 13.2 Å². The zero-order valence-electron chi connectivity index (χ0n) is 12.4. The summed E-state index contributed by atoms with van der Waals surface area (Å²) in [5.74, 6) is -0.0371. The summed E-state index contributed by atoms with van der Waals surface area (Å²) in [6, 6.07) is 13.5. The molecule has 0 unspecified atom stereocenters. The fraction of sp³-hybridized carbons (Fsp3) is 0.312. The summed E-state index contributed by atoms with van der Waals surface area (Å²) in [4.78, 5) is 14.5. The predicted octanol–water partition coefficient (Wildman–Crippen LogP) is 1.56. The summed E-state index contributed by atoms with van der Waals surface area (Å²) < 4.78 is 24.5. The Kier molecular flexibility index (Phi) is 3.88. The summed E-state index contributed by atoms with van der Waals surface area (Å²) in [6.45, 7) is 1.56. The molecule has 3 rings (SSSR count). The lowest BCUT2D eigenvalue weighted by Gasteiger charge is -2.33. The van der Waals surface area contributed by atoms with Crippen LogP contribution in [-0.4, -0.2) is 56.0 Å². The van der Waals surface area contributed by atoms with E-state index in [2.05, 4.69) is 0 Å². The van der Waals surface area contributed by atoms with E-state index in [1.165, 1.54) is 10.6 Å². The first-order valence-corrected chi connectivity index (χ1v) is 9.04. The molecule has 5 nitrogen and oxygen atoms in total. The molecule has 0 N–H and O–H groups in total. The van der Waals surface area contributed by atoms with Gasteiger partial charge in [0.25, 0.3) is 5.91 Å². The molecule has 0 aliphatic carbocycles. The Bertz CT molecular complexity index is 804. The summed E-state index contributed by atoms with van der Waals surface area (Å²) >= 11 is 0. The number of benzene rings is 2. The fourth-order valence-corrected chi connectivity index (χ4v) is 3.63. The van der Waals surface area contributed by atoms with Gasteiger partial charge in [-0.2, -0.15) is 4.31 Å². The highest BCUT2D eigenvalue weighted by atomic mass is 32.2. The van der Waals surface area contributed by atoms with Gasteiger partial charge in [-0.1, -0.05) is 36.4 Å². The molecule has 0 aromatic heterocycles. The largest absolute Gasteiger partial charge is 0.336 e. The second-order valence-corrected chi connectivity index (χ2v) is 7.46. The molecule has 1 fully saturated rings. The van der Waals surface area contributed by atoms with E-state index in [0.717, 1.165) is 10.8 Å². The van der Waals surface area contributed by atoms with E-state index in [0.29, 0.717) is 31.7 Å². The normalized spacial score (nSPS) is 16.9. The van der Waals surface area contributed by atoms with Crippen LogP contribution in [0.15, 0.2) is 42.5 Å². The number of amides is 1. The van der Waals surface area contributed by atoms with Crippen LogP contribution in [0.25, 0.3) is 10.8 Å². The molecule has 0 atom stereocenters. The average molecular weight is 318 g/mol. The van der Waals surface area contributed by atoms with Gasteiger partial charge in [-0.05, 0) is 16.8 Å². The van der Waals surface area contributed by atoms with Crippen molar-refractivity contribution in [2.45, 2.75) is 0 Å². The molecular weight excluding hydrogens is 300 g/mol. The van der Waals surface area contributed by atoms with Crippen LogP contribution < -0.4 is 0 Å². The van der Waals surface area contributed by atoms with Gasteiger partial charge in [-0.3, -0.25) is 4.79 Å². The summed E-state index contributed by atoms with van der Waals surface area (Å²) in [7, 11) is -3.18. The van der Waals surface area contributed by atoms with Crippen LogP contribution in [0, 0.1) is 0 Å². The van der Waals surface area contributed by atoms with Gasteiger partial charge < -0.3 is 4.90 Å². The standard InChI is InChI=1S/C16H18N2O3S/c1-22(20,21)18-11-9-17(10-12-18)16(19)15-8-4-6-13-5-2-3-7-14(13)15/h2-8H,9-12H2,1H3. The molecule has 2 aromatic rings. The Labute approximate surface area is 130 Å². The van der Waals surface area contributed by atoms with Crippen LogP contribution in [0.4, 0.5) is 0 Å². The van der Waals surface area contributed by atoms with Crippen molar-refractivity contribution in [2.75, 3.05) is 32.4 Å². The maximum absolute atomic E-state index is 12.7. The van der Waals surface area contributed by atoms with Crippen LogP contribution in [0.1, 0.15) is 10.4 Å². The van der Waals surface area contributed by atoms with Crippen molar-refractivity contribution >= 4 is 26.7 Å². The van der Waals surface area contributed by atoms with E-state index in [-0.39, 0.29) is 5.91 Å². The quantitative estimate of drug-likeness (QED) is 0.844. The van der Waals surface area contributed by atoms with E-state index in [1.807, 2.05) is 42.5 Å². The molecule has 0 bridgehead atoms. The van der Waals surface area contributed by atoms with E-state index in [1.54, 1.807) is 4.90 Å². The van der Waals surface area contributed by atoms with Gasteiger partial charge in [-0.15, -0.1) is 0 Å². The van der Waals surface area contributed by atoms with Gasteiger partial charge >= 0.3 is 0 Å². The van der Waals surface area contributed by atoms with Gasteiger partial charge in [0.05, 0.1) is 6.26 Å². The summed E-state index contributed by atoms with van der Waals surface area (Å²) in [5, 5.41) is 1.96. The van der Waals surface area contributed by atoms with Crippen molar-refractivity contribution < 1.29 is 13.2 Å². The van der Waals surface area contributed by atoms with Gasteiger partial charge in [-0.25, -0.2) is 8.42 Å². The lowest BCUT2D eigenvalue weighted by Crippen LogP contribution is -2.50. The SMILES string of the molecule is CS(=O)(=O)N1CCN(C(=O)c2cccc3ccccc23)CC1. The zero-order chi connectivity index (χ0) is 15.7. The minimum Gasteiger partial charge on any atom is -0.336 e. The van der Waals surface area contributed by atoms with Gasteiger partial charge in [0.1, 0.15) is 0 Å². The smallest absolute Gasteiger partial charge is 0.254 e. The summed E-state index contributed by atoms with van der Waals surface area (Å²) in [5.41, 5.74) is 0.672. The zero-order valence-corrected chi connectivity index (χ0v) is 13.2. The van der Waals surface area contributed by atoms with Crippen LogP contribution in [-0.2, 0) is 10.0 Å². The highest BCUT2D eigenvalue weighted by Crippen LogP contribution is 2.20. The molecule has 1 amide bonds. The number of nitrogens with zero attached hydrogens (tertiary/aromatic N) is 2. The number of hydrogen-bond acceptors (Lipinski definition) is 3. The molecule has 116 valence electrons. The minimum absolute atomic E-state index is 0.0371. The number of carbonyl (C=O) groups is 1. The molecular formula is C16H18N2O3S. The van der Waals surface area contributed by atoms with Crippen molar-refractivity contribution in [1.82, 2.24) is 9.21 Å². The Morgan fingerprint density at radius 2 is 1.59 bits per heavy atom. The van der Waals surface area contributed by atoms with Crippen LogP contribution >= 0.6 is 0 Å². The number of rotatable bonds is 2. The molecule has 1 aliphatic rings. The van der Waals surface area contributed by atoms with E-state index < -0.39 is 10.0 Å². The van der Waals surface area contributed by atoms with Crippen molar-refractivity contribution in [3.05, 3.63) is 48.0 Å². The first-order chi connectivity index (χ1) is 10.5. The van der Waals surface area contributed by atoms with Crippen molar-refractivity contribution in [3.8, 4) is 0 Å². The fourth-order valence-electron chi connectivity index (χ4n) is 2.81. The molecule has 0 radical (unpaired) electrons. The third-order valence-corrected chi connectivity index (χ3v) is 5.32. The molecule has 1 heterocycles. The Balaban J connectivity index is 1.83.